The van der Waals surface area contributed by atoms with Crippen LogP contribution in [0.15, 0.2) is 6.20 Å². The Morgan fingerprint density at radius 3 is 2.73 bits per heavy atom. The van der Waals surface area contributed by atoms with Gasteiger partial charge >= 0.3 is 5.69 Å². The van der Waals surface area contributed by atoms with Gasteiger partial charge in [-0.05, 0) is 25.7 Å². The van der Waals surface area contributed by atoms with Gasteiger partial charge in [-0.3, -0.25) is 10.1 Å². The topological polar surface area (TPSA) is 113 Å². The predicted octanol–water partition coefficient (Wildman–Crippen LogP) is 1.92. The molecule has 2 aliphatic carbocycles. The molecule has 0 aliphatic heterocycles. The number of anilines is 2. The molecule has 0 aromatic carbocycles. The zero-order chi connectivity index (χ0) is 15.5. The zero-order valence-corrected chi connectivity index (χ0v) is 12.4. The van der Waals surface area contributed by atoms with Gasteiger partial charge in [-0.25, -0.2) is 4.98 Å². The van der Waals surface area contributed by atoms with Crippen molar-refractivity contribution in [3.63, 3.8) is 0 Å². The van der Waals surface area contributed by atoms with Crippen LogP contribution in [0.3, 0.4) is 0 Å². The molecule has 8 heteroatoms. The molecule has 0 saturated heterocycles. The van der Waals surface area contributed by atoms with Gasteiger partial charge in [0.25, 0.3) is 0 Å². The zero-order valence-electron chi connectivity index (χ0n) is 12.4. The fourth-order valence-corrected chi connectivity index (χ4v) is 2.89. The molecule has 120 valence electrons. The van der Waals surface area contributed by atoms with E-state index in [1.165, 1.54) is 6.20 Å². The molecule has 2 saturated carbocycles. The number of hydrogen-bond acceptors (Lipinski definition) is 7. The number of aliphatic hydroxyl groups excluding tert-OH is 1. The van der Waals surface area contributed by atoms with Crippen molar-refractivity contribution in [2.75, 3.05) is 17.2 Å². The van der Waals surface area contributed by atoms with Crippen LogP contribution in [0.1, 0.15) is 38.5 Å². The molecule has 1 aromatic heterocycles. The van der Waals surface area contributed by atoms with Crippen molar-refractivity contribution in [1.29, 1.82) is 0 Å². The minimum Gasteiger partial charge on any atom is -0.396 e. The minimum absolute atomic E-state index is 0.0974. The molecule has 1 heterocycles. The van der Waals surface area contributed by atoms with Crippen molar-refractivity contribution in [3.05, 3.63) is 16.3 Å². The maximum absolute atomic E-state index is 11.1. The Balaban J connectivity index is 1.76. The predicted molar refractivity (Wildman–Crippen MR) is 81.8 cm³/mol. The Bertz CT molecular complexity index is 549. The highest BCUT2D eigenvalue weighted by atomic mass is 16.6. The van der Waals surface area contributed by atoms with E-state index in [0.717, 1.165) is 38.5 Å². The SMILES string of the molecule is O=[N+]([O-])c1cnc(N[C@@H]2CCCC[C@H]2CO)nc1NC1CC1. The third-order valence-electron chi connectivity index (χ3n) is 4.34. The summed E-state index contributed by atoms with van der Waals surface area (Å²) in [5, 5.41) is 26.8. The van der Waals surface area contributed by atoms with E-state index in [1.54, 1.807) is 0 Å². The van der Waals surface area contributed by atoms with Crippen LogP contribution in [0, 0.1) is 16.0 Å². The molecule has 3 N–H and O–H groups in total. The lowest BCUT2D eigenvalue weighted by Crippen LogP contribution is -2.35. The smallest absolute Gasteiger partial charge is 0.329 e. The summed E-state index contributed by atoms with van der Waals surface area (Å²) in [6.07, 6.45) is 7.44. The first kappa shape index (κ1) is 15.0. The first-order chi connectivity index (χ1) is 10.7. The number of hydrogen-bond donors (Lipinski definition) is 3. The van der Waals surface area contributed by atoms with Crippen LogP contribution in [0.2, 0.25) is 0 Å². The molecule has 3 rings (SSSR count). The lowest BCUT2D eigenvalue weighted by atomic mass is 9.85. The average molecular weight is 307 g/mol. The Kier molecular flexibility index (Phi) is 4.37. The van der Waals surface area contributed by atoms with Crippen LogP contribution in [0.25, 0.3) is 0 Å². The second kappa shape index (κ2) is 6.43. The third kappa shape index (κ3) is 3.44. The second-order valence-electron chi connectivity index (χ2n) is 6.08. The highest BCUT2D eigenvalue weighted by Gasteiger charge is 2.28. The molecule has 0 amide bonds. The summed E-state index contributed by atoms with van der Waals surface area (Å²) in [7, 11) is 0. The van der Waals surface area contributed by atoms with E-state index in [-0.39, 0.29) is 36.1 Å². The molecule has 2 fully saturated rings. The maximum atomic E-state index is 11.1. The number of nitrogens with one attached hydrogen (secondary N) is 2. The highest BCUT2D eigenvalue weighted by Crippen LogP contribution is 2.31. The van der Waals surface area contributed by atoms with Gasteiger partial charge < -0.3 is 15.7 Å². The lowest BCUT2D eigenvalue weighted by Gasteiger charge is -2.30. The first-order valence-corrected chi connectivity index (χ1v) is 7.82. The van der Waals surface area contributed by atoms with Crippen molar-refractivity contribution >= 4 is 17.5 Å². The van der Waals surface area contributed by atoms with Crippen LogP contribution >= 0.6 is 0 Å². The summed E-state index contributed by atoms with van der Waals surface area (Å²) in [5.41, 5.74) is -0.0974. The van der Waals surface area contributed by atoms with Crippen LogP contribution in [0.4, 0.5) is 17.5 Å². The second-order valence-corrected chi connectivity index (χ2v) is 6.08. The number of rotatable bonds is 6. The van der Waals surface area contributed by atoms with Gasteiger partial charge in [-0.1, -0.05) is 12.8 Å². The third-order valence-corrected chi connectivity index (χ3v) is 4.34. The summed E-state index contributed by atoms with van der Waals surface area (Å²) in [4.78, 5) is 18.9. The number of nitrogens with zero attached hydrogens (tertiary/aromatic N) is 3. The Hall–Kier alpha value is -1.96. The highest BCUT2D eigenvalue weighted by molar-refractivity contribution is 5.58. The van der Waals surface area contributed by atoms with E-state index in [2.05, 4.69) is 20.6 Å². The first-order valence-electron chi connectivity index (χ1n) is 7.82. The van der Waals surface area contributed by atoms with Gasteiger partial charge in [0.2, 0.25) is 11.8 Å². The van der Waals surface area contributed by atoms with Crippen LogP contribution in [-0.4, -0.2) is 38.7 Å². The summed E-state index contributed by atoms with van der Waals surface area (Å²) < 4.78 is 0. The molecule has 0 radical (unpaired) electrons. The van der Waals surface area contributed by atoms with Crippen molar-refractivity contribution in [1.82, 2.24) is 9.97 Å². The summed E-state index contributed by atoms with van der Waals surface area (Å²) >= 11 is 0. The van der Waals surface area contributed by atoms with Crippen molar-refractivity contribution in [2.24, 2.45) is 5.92 Å². The van der Waals surface area contributed by atoms with Gasteiger partial charge in [0.05, 0.1) is 4.92 Å². The normalized spacial score (nSPS) is 24.8. The molecule has 0 spiro atoms. The molecule has 1 aromatic rings. The fourth-order valence-electron chi connectivity index (χ4n) is 2.89. The van der Waals surface area contributed by atoms with Crippen LogP contribution in [-0.2, 0) is 0 Å². The number of aromatic nitrogens is 2. The average Bonchev–Trinajstić information content (AvgIpc) is 3.32. The van der Waals surface area contributed by atoms with E-state index in [4.69, 9.17) is 0 Å². The largest absolute Gasteiger partial charge is 0.396 e. The van der Waals surface area contributed by atoms with Crippen molar-refractivity contribution in [3.8, 4) is 0 Å². The summed E-state index contributed by atoms with van der Waals surface area (Å²) in [5.74, 6) is 0.854. The number of aliphatic hydroxyl groups is 1. The van der Waals surface area contributed by atoms with Crippen LogP contribution < -0.4 is 10.6 Å². The van der Waals surface area contributed by atoms with E-state index in [9.17, 15) is 15.2 Å². The Labute approximate surface area is 128 Å². The Morgan fingerprint density at radius 2 is 2.05 bits per heavy atom. The molecular weight excluding hydrogens is 286 g/mol. The summed E-state index contributed by atoms with van der Waals surface area (Å²) in [6.45, 7) is 0.137. The van der Waals surface area contributed by atoms with E-state index >= 15 is 0 Å². The molecule has 8 nitrogen and oxygen atoms in total. The standard InChI is InChI=1S/C14H21N5O3/c20-8-9-3-1-2-4-11(9)17-14-15-7-12(19(21)22)13(18-14)16-10-5-6-10/h7,9-11,20H,1-6,8H2,(H2,15,16,17,18)/t9-,11+/m0/s1. The van der Waals surface area contributed by atoms with E-state index in [1.807, 2.05) is 0 Å². The molecule has 2 aliphatic rings. The monoisotopic (exact) mass is 307 g/mol. The number of nitro groups is 1. The van der Waals surface area contributed by atoms with E-state index < -0.39 is 4.92 Å². The lowest BCUT2D eigenvalue weighted by molar-refractivity contribution is -0.384. The fraction of sp³-hybridized carbons (Fsp3) is 0.714. The van der Waals surface area contributed by atoms with Gasteiger partial charge in [0, 0.05) is 24.6 Å². The van der Waals surface area contributed by atoms with Gasteiger partial charge in [-0.15, -0.1) is 0 Å². The Morgan fingerprint density at radius 1 is 1.27 bits per heavy atom. The molecule has 0 unspecified atom stereocenters. The minimum atomic E-state index is -0.467. The van der Waals surface area contributed by atoms with Gasteiger partial charge in [-0.2, -0.15) is 4.98 Å². The molecular formula is C14H21N5O3. The van der Waals surface area contributed by atoms with Crippen molar-refractivity contribution in [2.45, 2.75) is 50.6 Å². The van der Waals surface area contributed by atoms with Gasteiger partial charge in [0.15, 0.2) is 0 Å². The molecule has 0 bridgehead atoms. The van der Waals surface area contributed by atoms with E-state index in [0.29, 0.717) is 5.95 Å². The van der Waals surface area contributed by atoms with Crippen molar-refractivity contribution < 1.29 is 10.0 Å². The molecule has 2 atom stereocenters. The summed E-state index contributed by atoms with van der Waals surface area (Å²) in [6, 6.07) is 0.398. The van der Waals surface area contributed by atoms with Crippen LogP contribution in [0.5, 0.6) is 0 Å². The quantitative estimate of drug-likeness (QED) is 0.543. The molecule has 22 heavy (non-hydrogen) atoms. The van der Waals surface area contributed by atoms with Gasteiger partial charge in [0.1, 0.15) is 6.20 Å². The maximum Gasteiger partial charge on any atom is 0.329 e.